The van der Waals surface area contributed by atoms with E-state index in [0.717, 1.165) is 16.9 Å². The molecule has 0 amide bonds. The zero-order chi connectivity index (χ0) is 20.4. The van der Waals surface area contributed by atoms with E-state index in [1.807, 2.05) is 30.3 Å². The number of rotatable bonds is 5. The average molecular weight is 408 g/mol. The molecule has 0 fully saturated rings. The summed E-state index contributed by atoms with van der Waals surface area (Å²) >= 11 is 1.05. The fourth-order valence-electron chi connectivity index (χ4n) is 2.90. The first-order valence-corrected chi connectivity index (χ1v) is 9.55. The Morgan fingerprint density at radius 3 is 2.69 bits per heavy atom. The Labute approximate surface area is 168 Å². The van der Waals surface area contributed by atoms with Crippen LogP contribution in [0.2, 0.25) is 0 Å². The Morgan fingerprint density at radius 1 is 1.17 bits per heavy atom. The van der Waals surface area contributed by atoms with Crippen molar-refractivity contribution >= 4 is 27.5 Å². The highest BCUT2D eigenvalue weighted by Crippen LogP contribution is 2.23. The van der Waals surface area contributed by atoms with E-state index in [9.17, 15) is 14.4 Å². The van der Waals surface area contributed by atoms with Crippen molar-refractivity contribution in [1.82, 2.24) is 19.1 Å². The normalized spacial score (nSPS) is 10.9. The lowest BCUT2D eigenvalue weighted by atomic mass is 10.2. The van der Waals surface area contributed by atoms with Crippen molar-refractivity contribution in [2.75, 3.05) is 0 Å². The highest BCUT2D eigenvalue weighted by atomic mass is 32.1. The Morgan fingerprint density at radius 2 is 1.97 bits per heavy atom. The second kappa shape index (κ2) is 7.80. The lowest BCUT2D eigenvalue weighted by Crippen LogP contribution is -2.38. The molecule has 0 spiro atoms. The Kier molecular flexibility index (Phi) is 5.05. The summed E-state index contributed by atoms with van der Waals surface area (Å²) in [6, 6.07) is 12.4. The molecule has 0 bridgehead atoms. The van der Waals surface area contributed by atoms with Gasteiger partial charge in [0.1, 0.15) is 22.6 Å². The van der Waals surface area contributed by atoms with Gasteiger partial charge in [-0.1, -0.05) is 30.3 Å². The smallest absolute Gasteiger partial charge is 0.348 e. The number of carbonyl (C=O) groups is 1. The van der Waals surface area contributed by atoms with E-state index in [4.69, 9.17) is 4.74 Å². The van der Waals surface area contributed by atoms with Crippen LogP contribution in [0.4, 0.5) is 0 Å². The number of hydrogen-bond donors (Lipinski definition) is 0. The summed E-state index contributed by atoms with van der Waals surface area (Å²) < 4.78 is 7.81. The van der Waals surface area contributed by atoms with Gasteiger partial charge < -0.3 is 4.74 Å². The van der Waals surface area contributed by atoms with Gasteiger partial charge in [-0.25, -0.2) is 19.6 Å². The number of fused-ring (bicyclic) bond motifs is 1. The SMILES string of the molecule is Cn1c(=O)n(Cc2ccccc2)c(=O)c2cc(C(=O)OCc3ccncn3)sc21. The molecule has 0 N–H and O–H groups in total. The third kappa shape index (κ3) is 3.72. The van der Waals surface area contributed by atoms with Crippen molar-refractivity contribution in [2.24, 2.45) is 7.05 Å². The zero-order valence-electron chi connectivity index (χ0n) is 15.4. The molecule has 0 aliphatic heterocycles. The van der Waals surface area contributed by atoms with Crippen molar-refractivity contribution in [3.05, 3.63) is 92.0 Å². The molecule has 4 rings (SSSR count). The van der Waals surface area contributed by atoms with E-state index >= 15 is 0 Å². The van der Waals surface area contributed by atoms with Gasteiger partial charge in [0.05, 0.1) is 17.6 Å². The molecule has 0 saturated heterocycles. The molecule has 3 heterocycles. The first-order chi connectivity index (χ1) is 14.0. The maximum absolute atomic E-state index is 12.9. The minimum absolute atomic E-state index is 0.00717. The van der Waals surface area contributed by atoms with E-state index in [2.05, 4.69) is 9.97 Å². The van der Waals surface area contributed by atoms with E-state index in [0.29, 0.717) is 15.9 Å². The summed E-state index contributed by atoms with van der Waals surface area (Å²) in [5.41, 5.74) is 0.532. The minimum Gasteiger partial charge on any atom is -0.455 e. The number of hydrogen-bond acceptors (Lipinski definition) is 7. The number of thiophene rings is 1. The highest BCUT2D eigenvalue weighted by Gasteiger charge is 2.19. The Bertz CT molecular complexity index is 1290. The van der Waals surface area contributed by atoms with Gasteiger partial charge in [-0.05, 0) is 17.7 Å². The fraction of sp³-hybridized carbons (Fsp3) is 0.150. The summed E-state index contributed by atoms with van der Waals surface area (Å²) in [6.45, 7) is 0.151. The average Bonchev–Trinajstić information content (AvgIpc) is 3.21. The molecule has 29 heavy (non-hydrogen) atoms. The molecule has 0 aliphatic rings. The molecule has 0 radical (unpaired) electrons. The molecule has 0 atom stereocenters. The van der Waals surface area contributed by atoms with Crippen molar-refractivity contribution in [3.8, 4) is 0 Å². The van der Waals surface area contributed by atoms with Gasteiger partial charge in [-0.15, -0.1) is 11.3 Å². The van der Waals surface area contributed by atoms with Crippen LogP contribution in [-0.4, -0.2) is 25.1 Å². The Balaban J connectivity index is 1.67. The van der Waals surface area contributed by atoms with Crippen LogP contribution >= 0.6 is 11.3 Å². The molecule has 3 aromatic heterocycles. The lowest BCUT2D eigenvalue weighted by Gasteiger charge is -2.08. The third-order valence-electron chi connectivity index (χ3n) is 4.39. The fourth-order valence-corrected chi connectivity index (χ4v) is 3.90. The number of aryl methyl sites for hydroxylation is 1. The number of esters is 1. The largest absolute Gasteiger partial charge is 0.455 e. The minimum atomic E-state index is -0.578. The topological polar surface area (TPSA) is 96.1 Å². The molecule has 146 valence electrons. The second-order valence-corrected chi connectivity index (χ2v) is 7.36. The zero-order valence-corrected chi connectivity index (χ0v) is 16.3. The second-order valence-electron chi connectivity index (χ2n) is 6.32. The number of carbonyl (C=O) groups excluding carboxylic acids is 1. The summed E-state index contributed by atoms with van der Waals surface area (Å²) in [5, 5.41) is 0.307. The predicted molar refractivity (Wildman–Crippen MR) is 108 cm³/mol. The maximum Gasteiger partial charge on any atom is 0.348 e. The monoisotopic (exact) mass is 408 g/mol. The molecular formula is C20H16N4O4S. The quantitative estimate of drug-likeness (QED) is 0.469. The molecule has 0 unspecified atom stereocenters. The van der Waals surface area contributed by atoms with Gasteiger partial charge in [-0.3, -0.25) is 13.9 Å². The molecule has 4 aromatic rings. The molecule has 1 aromatic carbocycles. The summed E-state index contributed by atoms with van der Waals surface area (Å²) in [7, 11) is 1.58. The summed E-state index contributed by atoms with van der Waals surface area (Å²) in [5.74, 6) is -0.578. The van der Waals surface area contributed by atoms with Gasteiger partial charge in [0.15, 0.2) is 0 Å². The van der Waals surface area contributed by atoms with Gasteiger partial charge in [0.25, 0.3) is 5.56 Å². The van der Waals surface area contributed by atoms with Crippen molar-refractivity contribution in [3.63, 3.8) is 0 Å². The molecule has 0 aliphatic carbocycles. The summed E-state index contributed by atoms with van der Waals surface area (Å²) in [4.78, 5) is 46.5. The first-order valence-electron chi connectivity index (χ1n) is 8.74. The van der Waals surface area contributed by atoms with E-state index in [-0.39, 0.29) is 18.0 Å². The van der Waals surface area contributed by atoms with Crippen LogP contribution in [0, 0.1) is 0 Å². The van der Waals surface area contributed by atoms with Crippen molar-refractivity contribution < 1.29 is 9.53 Å². The number of aromatic nitrogens is 4. The van der Waals surface area contributed by atoms with Crippen LogP contribution in [0.15, 0.2) is 64.6 Å². The number of benzene rings is 1. The van der Waals surface area contributed by atoms with Crippen LogP contribution in [0.3, 0.4) is 0 Å². The van der Waals surface area contributed by atoms with Crippen LogP contribution in [0.25, 0.3) is 10.2 Å². The highest BCUT2D eigenvalue weighted by molar-refractivity contribution is 7.20. The van der Waals surface area contributed by atoms with Gasteiger partial charge in [-0.2, -0.15) is 0 Å². The number of ether oxygens (including phenoxy) is 1. The van der Waals surface area contributed by atoms with Crippen LogP contribution in [0.5, 0.6) is 0 Å². The van der Waals surface area contributed by atoms with Crippen molar-refractivity contribution in [1.29, 1.82) is 0 Å². The van der Waals surface area contributed by atoms with Crippen LogP contribution in [0.1, 0.15) is 20.9 Å². The van der Waals surface area contributed by atoms with E-state index in [1.54, 1.807) is 19.3 Å². The van der Waals surface area contributed by atoms with E-state index in [1.165, 1.54) is 21.5 Å². The van der Waals surface area contributed by atoms with E-state index < -0.39 is 17.2 Å². The van der Waals surface area contributed by atoms with Crippen LogP contribution in [-0.2, 0) is 24.9 Å². The van der Waals surface area contributed by atoms with Gasteiger partial charge in [0.2, 0.25) is 0 Å². The predicted octanol–water partition coefficient (Wildman–Crippen LogP) is 1.96. The summed E-state index contributed by atoms with van der Waals surface area (Å²) in [6.07, 6.45) is 2.92. The Hall–Kier alpha value is -3.59. The van der Waals surface area contributed by atoms with Crippen molar-refractivity contribution in [2.45, 2.75) is 13.2 Å². The van der Waals surface area contributed by atoms with Crippen LogP contribution < -0.4 is 11.2 Å². The maximum atomic E-state index is 12.9. The van der Waals surface area contributed by atoms with Gasteiger partial charge in [0, 0.05) is 13.2 Å². The standard InChI is InChI=1S/C20H16N4O4S/c1-23-18-15(17(25)24(20(23)27)10-13-5-3-2-4-6-13)9-16(29-18)19(26)28-11-14-7-8-21-12-22-14/h2-9,12H,10-11H2,1H3. The number of nitrogens with zero attached hydrogens (tertiary/aromatic N) is 4. The van der Waals surface area contributed by atoms with Gasteiger partial charge >= 0.3 is 11.7 Å². The first kappa shape index (κ1) is 18.8. The molecule has 9 heteroatoms. The molecule has 0 saturated carbocycles. The molecular weight excluding hydrogens is 392 g/mol. The lowest BCUT2D eigenvalue weighted by molar-refractivity contribution is 0.0473. The molecule has 8 nitrogen and oxygen atoms in total. The third-order valence-corrected chi connectivity index (χ3v) is 5.58.